The SMILES string of the molecule is CO[C@H]1O[C@H](CO)[C@@H](OC(=O)CCc2ccccc2)[C@H](OC(=O)C2CC3CCCCC3C2)[C@H]1OC(=O)c1cc2ccccc2[nH]1. The first-order chi connectivity index (χ1) is 21.9. The second-order valence-corrected chi connectivity index (χ2v) is 12.4. The molecule has 2 saturated carbocycles. The smallest absolute Gasteiger partial charge is 0.355 e. The minimum absolute atomic E-state index is 0.0541. The van der Waals surface area contributed by atoms with Crippen molar-refractivity contribution in [3.05, 3.63) is 71.9 Å². The average molecular weight is 620 g/mol. The standard InChI is InChI=1S/C35H41NO9/c1-41-35-32(45-34(40)27-19-24-13-7-8-14-26(24)36-27)31(44-33(39)25-17-22-11-5-6-12-23(22)18-25)30(28(20-37)42-35)43-29(38)16-15-21-9-3-2-4-10-21/h2-4,7-10,13-14,19,22-23,25,28,30-32,35-37H,5-6,11-12,15-18,20H2,1H3/t22?,23?,25?,28-,30-,31+,32-,35+/m1/s1. The first-order valence-corrected chi connectivity index (χ1v) is 15.9. The Labute approximate surface area is 262 Å². The molecule has 2 heterocycles. The highest BCUT2D eigenvalue weighted by Crippen LogP contribution is 2.46. The number of aliphatic hydroxyl groups is 1. The van der Waals surface area contributed by atoms with Crippen LogP contribution in [0.25, 0.3) is 10.9 Å². The van der Waals surface area contributed by atoms with E-state index in [1.54, 1.807) is 6.07 Å². The van der Waals surface area contributed by atoms with Gasteiger partial charge in [-0.2, -0.15) is 0 Å². The molecule has 3 aliphatic rings. The maximum atomic E-state index is 13.8. The fourth-order valence-corrected chi connectivity index (χ4v) is 7.24. The second-order valence-electron chi connectivity index (χ2n) is 12.4. The number of aliphatic hydroxyl groups excluding tert-OH is 1. The van der Waals surface area contributed by atoms with Gasteiger partial charge in [-0.1, -0.05) is 74.2 Å². The predicted molar refractivity (Wildman–Crippen MR) is 163 cm³/mol. The van der Waals surface area contributed by atoms with Gasteiger partial charge < -0.3 is 33.8 Å². The fraction of sp³-hybridized carbons (Fsp3) is 0.514. The van der Waals surface area contributed by atoms with Gasteiger partial charge in [-0.25, -0.2) is 4.79 Å². The van der Waals surface area contributed by atoms with Crippen LogP contribution < -0.4 is 0 Å². The monoisotopic (exact) mass is 619 g/mol. The molecule has 10 heteroatoms. The molecule has 2 unspecified atom stereocenters. The van der Waals surface area contributed by atoms with Gasteiger partial charge in [0.2, 0.25) is 0 Å². The number of rotatable bonds is 10. The molecule has 240 valence electrons. The molecule has 0 radical (unpaired) electrons. The van der Waals surface area contributed by atoms with Crippen LogP contribution in [0.5, 0.6) is 0 Å². The Kier molecular flexibility index (Phi) is 9.82. The predicted octanol–water partition coefficient (Wildman–Crippen LogP) is 4.73. The number of ether oxygens (including phenoxy) is 5. The van der Waals surface area contributed by atoms with Crippen molar-refractivity contribution >= 4 is 28.8 Å². The van der Waals surface area contributed by atoms with E-state index in [1.165, 1.54) is 20.0 Å². The van der Waals surface area contributed by atoms with Gasteiger partial charge in [0, 0.05) is 24.4 Å². The van der Waals surface area contributed by atoms with Gasteiger partial charge in [0.25, 0.3) is 0 Å². The molecule has 2 N–H and O–H groups in total. The van der Waals surface area contributed by atoms with Crippen molar-refractivity contribution in [2.45, 2.75) is 82.1 Å². The molecule has 0 spiro atoms. The number of aromatic nitrogens is 1. The minimum Gasteiger partial charge on any atom is -0.455 e. The van der Waals surface area contributed by atoms with Crippen LogP contribution in [0, 0.1) is 17.8 Å². The Morgan fingerprint density at radius 3 is 2.29 bits per heavy atom. The van der Waals surface area contributed by atoms with Gasteiger partial charge >= 0.3 is 17.9 Å². The summed E-state index contributed by atoms with van der Waals surface area (Å²) in [5.74, 6) is -1.04. The topological polar surface area (TPSA) is 133 Å². The van der Waals surface area contributed by atoms with E-state index in [9.17, 15) is 19.5 Å². The van der Waals surface area contributed by atoms with Crippen LogP contribution in [-0.2, 0) is 39.7 Å². The number of fused-ring (bicyclic) bond motifs is 2. The van der Waals surface area contributed by atoms with Crippen molar-refractivity contribution in [3.8, 4) is 0 Å². The molecule has 2 aromatic carbocycles. The summed E-state index contributed by atoms with van der Waals surface area (Å²) in [6, 6.07) is 18.6. The Morgan fingerprint density at radius 2 is 1.60 bits per heavy atom. The molecular formula is C35H41NO9. The number of aromatic amines is 1. The summed E-state index contributed by atoms with van der Waals surface area (Å²) < 4.78 is 29.5. The van der Waals surface area contributed by atoms with Gasteiger partial charge in [-0.15, -0.1) is 0 Å². The summed E-state index contributed by atoms with van der Waals surface area (Å²) in [6.45, 7) is -0.541. The number of nitrogens with one attached hydrogen (secondary N) is 1. The van der Waals surface area contributed by atoms with Crippen LogP contribution in [0.2, 0.25) is 0 Å². The highest BCUT2D eigenvalue weighted by Gasteiger charge is 2.53. The summed E-state index contributed by atoms with van der Waals surface area (Å²) in [5.41, 5.74) is 1.91. The van der Waals surface area contributed by atoms with Crippen LogP contribution in [0.4, 0.5) is 0 Å². The van der Waals surface area contributed by atoms with E-state index in [-0.39, 0.29) is 18.0 Å². The van der Waals surface area contributed by atoms with E-state index in [0.717, 1.165) is 42.1 Å². The molecule has 3 fully saturated rings. The van der Waals surface area contributed by atoms with Gasteiger partial charge in [0.05, 0.1) is 12.5 Å². The molecule has 1 aromatic heterocycles. The fourth-order valence-electron chi connectivity index (χ4n) is 7.24. The zero-order valence-electron chi connectivity index (χ0n) is 25.5. The molecular weight excluding hydrogens is 578 g/mol. The molecule has 0 bridgehead atoms. The van der Waals surface area contributed by atoms with Crippen LogP contribution in [0.1, 0.15) is 61.0 Å². The van der Waals surface area contributed by atoms with E-state index in [0.29, 0.717) is 18.3 Å². The number of methoxy groups -OCH3 is 1. The normalized spacial score (nSPS) is 29.6. The molecule has 1 aliphatic heterocycles. The van der Waals surface area contributed by atoms with Crippen LogP contribution in [-0.4, -0.2) is 72.4 Å². The molecule has 2 aliphatic carbocycles. The van der Waals surface area contributed by atoms with Crippen molar-refractivity contribution in [2.75, 3.05) is 13.7 Å². The molecule has 6 rings (SSSR count). The van der Waals surface area contributed by atoms with Crippen LogP contribution >= 0.6 is 0 Å². The Balaban J connectivity index is 1.25. The zero-order chi connectivity index (χ0) is 31.3. The largest absolute Gasteiger partial charge is 0.455 e. The van der Waals surface area contributed by atoms with Crippen molar-refractivity contribution < 1.29 is 43.2 Å². The quantitative estimate of drug-likeness (QED) is 0.244. The summed E-state index contributed by atoms with van der Waals surface area (Å²) in [5, 5.41) is 11.1. The summed E-state index contributed by atoms with van der Waals surface area (Å²) in [4.78, 5) is 43.4. The Hall–Kier alpha value is -3.73. The van der Waals surface area contributed by atoms with E-state index in [4.69, 9.17) is 23.7 Å². The Bertz CT molecular complexity index is 1430. The number of benzene rings is 2. The number of esters is 3. The molecule has 0 amide bonds. The number of para-hydroxylation sites is 1. The second kappa shape index (κ2) is 14.1. The molecule has 1 saturated heterocycles. The maximum absolute atomic E-state index is 13.8. The van der Waals surface area contributed by atoms with Crippen molar-refractivity contribution in [2.24, 2.45) is 17.8 Å². The summed E-state index contributed by atoms with van der Waals surface area (Å²) >= 11 is 0. The number of carbonyl (C=O) groups excluding carboxylic acids is 3. The van der Waals surface area contributed by atoms with E-state index >= 15 is 0 Å². The van der Waals surface area contributed by atoms with E-state index in [1.807, 2.05) is 54.6 Å². The first-order valence-electron chi connectivity index (χ1n) is 15.9. The highest BCUT2D eigenvalue weighted by molar-refractivity contribution is 5.94. The first kappa shape index (κ1) is 31.3. The van der Waals surface area contributed by atoms with Crippen LogP contribution in [0.3, 0.4) is 0 Å². The van der Waals surface area contributed by atoms with E-state index < -0.39 is 55.2 Å². The number of carbonyl (C=O) groups is 3. The maximum Gasteiger partial charge on any atom is 0.355 e. The molecule has 3 aromatic rings. The van der Waals surface area contributed by atoms with Gasteiger partial charge in [0.1, 0.15) is 11.8 Å². The van der Waals surface area contributed by atoms with Crippen molar-refractivity contribution in [3.63, 3.8) is 0 Å². The third-order valence-corrected chi connectivity index (χ3v) is 9.55. The third-order valence-electron chi connectivity index (χ3n) is 9.55. The van der Waals surface area contributed by atoms with Crippen molar-refractivity contribution in [1.29, 1.82) is 0 Å². The van der Waals surface area contributed by atoms with Gasteiger partial charge in [0.15, 0.2) is 24.6 Å². The number of H-pyrrole nitrogens is 1. The summed E-state index contributed by atoms with van der Waals surface area (Å²) in [7, 11) is 1.37. The van der Waals surface area contributed by atoms with E-state index in [2.05, 4.69) is 4.98 Å². The number of hydrogen-bond acceptors (Lipinski definition) is 9. The molecule has 10 nitrogen and oxygen atoms in total. The van der Waals surface area contributed by atoms with Gasteiger partial charge in [-0.3, -0.25) is 9.59 Å². The number of aryl methyl sites for hydroxylation is 1. The van der Waals surface area contributed by atoms with Crippen LogP contribution in [0.15, 0.2) is 60.7 Å². The minimum atomic E-state index is -1.28. The Morgan fingerprint density at radius 1 is 0.889 bits per heavy atom. The lowest BCUT2D eigenvalue weighted by atomic mass is 9.82. The average Bonchev–Trinajstić information content (AvgIpc) is 3.71. The van der Waals surface area contributed by atoms with Crippen molar-refractivity contribution in [1.82, 2.24) is 4.98 Å². The lowest BCUT2D eigenvalue weighted by molar-refractivity contribution is -0.299. The molecule has 45 heavy (non-hydrogen) atoms. The molecule has 7 atom stereocenters. The third kappa shape index (κ3) is 7.08. The lowest BCUT2D eigenvalue weighted by Crippen LogP contribution is -2.63. The zero-order valence-corrected chi connectivity index (χ0v) is 25.5. The van der Waals surface area contributed by atoms with Gasteiger partial charge in [-0.05, 0) is 48.8 Å². The number of hydrogen-bond donors (Lipinski definition) is 2. The summed E-state index contributed by atoms with van der Waals surface area (Å²) in [6.07, 6.45) is 0.459. The highest BCUT2D eigenvalue weighted by atomic mass is 16.7. The lowest BCUT2D eigenvalue weighted by Gasteiger charge is -2.44.